The topological polar surface area (TPSA) is 67.4 Å². The van der Waals surface area contributed by atoms with Gasteiger partial charge in [-0.15, -0.1) is 0 Å². The summed E-state index contributed by atoms with van der Waals surface area (Å²) < 4.78 is 4.78. The van der Waals surface area contributed by atoms with E-state index in [0.717, 1.165) is 0 Å². The molecule has 1 fully saturated rings. The Labute approximate surface area is 64.1 Å². The van der Waals surface area contributed by atoms with E-state index in [-0.39, 0.29) is 11.9 Å². The summed E-state index contributed by atoms with van der Waals surface area (Å²) in [6, 6.07) is -0.621. The first-order valence-electron chi connectivity index (χ1n) is 3.31. The first-order valence-corrected chi connectivity index (χ1v) is 3.31. The monoisotopic (exact) mass is 158 g/mol. The number of ether oxygens (including phenoxy) is 1. The maximum absolute atomic E-state index is 10.7. The summed E-state index contributed by atoms with van der Waals surface area (Å²) in [5, 5.41) is 4.67. The van der Waals surface area contributed by atoms with Crippen LogP contribution in [0.1, 0.15) is 6.42 Å². The molecule has 1 unspecified atom stereocenters. The van der Waals surface area contributed by atoms with E-state index < -0.39 is 6.03 Å². The number of imide groups is 1. The average molecular weight is 158 g/mol. The highest BCUT2D eigenvalue weighted by molar-refractivity contribution is 5.97. The van der Waals surface area contributed by atoms with Crippen molar-refractivity contribution in [3.05, 3.63) is 0 Å². The maximum Gasteiger partial charge on any atom is 0.321 e. The summed E-state index contributed by atoms with van der Waals surface area (Å²) >= 11 is 0. The number of hydrogen-bond acceptors (Lipinski definition) is 3. The normalized spacial score (nSPS) is 24.3. The number of methoxy groups -OCH3 is 1. The van der Waals surface area contributed by atoms with E-state index in [2.05, 4.69) is 10.6 Å². The molecule has 0 radical (unpaired) electrons. The molecule has 0 spiro atoms. The van der Waals surface area contributed by atoms with Crippen LogP contribution in [0.3, 0.4) is 0 Å². The van der Waals surface area contributed by atoms with Crippen LogP contribution in [-0.4, -0.2) is 31.7 Å². The lowest BCUT2D eigenvalue weighted by atomic mass is 10.2. The Bertz CT molecular complexity index is 165. The van der Waals surface area contributed by atoms with Crippen LogP contribution in [0.15, 0.2) is 0 Å². The molecule has 1 heterocycles. The van der Waals surface area contributed by atoms with Crippen LogP contribution in [-0.2, 0) is 9.53 Å². The molecule has 11 heavy (non-hydrogen) atoms. The van der Waals surface area contributed by atoms with Gasteiger partial charge >= 0.3 is 6.03 Å². The summed E-state index contributed by atoms with van der Waals surface area (Å²) in [7, 11) is 1.53. The van der Waals surface area contributed by atoms with E-state index in [9.17, 15) is 9.59 Å². The number of nitrogens with one attached hydrogen (secondary N) is 2. The zero-order valence-electron chi connectivity index (χ0n) is 6.22. The molecule has 0 aromatic heterocycles. The van der Waals surface area contributed by atoms with E-state index in [0.29, 0.717) is 13.0 Å². The molecule has 1 rings (SSSR count). The molecular weight excluding hydrogens is 148 g/mol. The number of hydrogen-bond donors (Lipinski definition) is 2. The second-order valence-electron chi connectivity index (χ2n) is 2.38. The lowest BCUT2D eigenvalue weighted by Crippen LogP contribution is -2.53. The summed E-state index contributed by atoms with van der Waals surface area (Å²) in [4.78, 5) is 21.4. The van der Waals surface area contributed by atoms with Crippen LogP contribution in [0.4, 0.5) is 4.79 Å². The Hall–Kier alpha value is -1.10. The quantitative estimate of drug-likeness (QED) is 0.554. The first kappa shape index (κ1) is 8.00. The summed E-state index contributed by atoms with van der Waals surface area (Å²) in [6.45, 7) is 0.374. The van der Waals surface area contributed by atoms with Gasteiger partial charge in [-0.05, 0) is 0 Å². The van der Waals surface area contributed by atoms with Crippen LogP contribution < -0.4 is 10.6 Å². The minimum absolute atomic E-state index is 0.179. The zero-order valence-corrected chi connectivity index (χ0v) is 6.22. The molecule has 0 aromatic rings. The SMILES string of the molecule is COCC1CC(=O)NC(=O)N1. The highest BCUT2D eigenvalue weighted by atomic mass is 16.5. The predicted molar refractivity (Wildman–Crippen MR) is 37.0 cm³/mol. The smallest absolute Gasteiger partial charge is 0.321 e. The minimum atomic E-state index is -0.441. The van der Waals surface area contributed by atoms with Gasteiger partial charge in [-0.1, -0.05) is 0 Å². The van der Waals surface area contributed by atoms with E-state index in [1.165, 1.54) is 7.11 Å². The van der Waals surface area contributed by atoms with Crippen LogP contribution in [0.2, 0.25) is 0 Å². The second kappa shape index (κ2) is 3.34. The fourth-order valence-corrected chi connectivity index (χ4v) is 0.976. The van der Waals surface area contributed by atoms with Gasteiger partial charge in [-0.3, -0.25) is 10.1 Å². The van der Waals surface area contributed by atoms with Gasteiger partial charge in [0.05, 0.1) is 12.6 Å². The molecule has 3 amide bonds. The Morgan fingerprint density at radius 2 is 2.36 bits per heavy atom. The van der Waals surface area contributed by atoms with Crippen molar-refractivity contribution < 1.29 is 14.3 Å². The summed E-state index contributed by atoms with van der Waals surface area (Å²) in [5.41, 5.74) is 0. The zero-order chi connectivity index (χ0) is 8.27. The number of carbonyl (C=O) groups is 2. The van der Waals surface area contributed by atoms with Gasteiger partial charge < -0.3 is 10.1 Å². The van der Waals surface area contributed by atoms with Gasteiger partial charge in [0.25, 0.3) is 0 Å². The molecule has 5 heteroatoms. The van der Waals surface area contributed by atoms with Crippen molar-refractivity contribution in [2.24, 2.45) is 0 Å². The van der Waals surface area contributed by atoms with Gasteiger partial charge in [0.1, 0.15) is 0 Å². The predicted octanol–water partition coefficient (Wildman–Crippen LogP) is -0.769. The Balaban J connectivity index is 2.43. The van der Waals surface area contributed by atoms with Crippen molar-refractivity contribution in [2.45, 2.75) is 12.5 Å². The van der Waals surface area contributed by atoms with Crippen molar-refractivity contribution in [3.63, 3.8) is 0 Å². The average Bonchev–Trinajstić information content (AvgIpc) is 1.85. The lowest BCUT2D eigenvalue weighted by Gasteiger charge is -2.21. The third-order valence-corrected chi connectivity index (χ3v) is 1.39. The van der Waals surface area contributed by atoms with Gasteiger partial charge in [-0.2, -0.15) is 0 Å². The maximum atomic E-state index is 10.7. The first-order chi connectivity index (χ1) is 5.22. The number of carbonyl (C=O) groups excluding carboxylic acids is 2. The largest absolute Gasteiger partial charge is 0.383 e. The molecule has 0 bridgehead atoms. The van der Waals surface area contributed by atoms with E-state index in [1.807, 2.05) is 0 Å². The molecule has 1 saturated heterocycles. The molecule has 2 N–H and O–H groups in total. The Morgan fingerprint density at radius 1 is 1.64 bits per heavy atom. The molecule has 1 atom stereocenters. The molecule has 0 aliphatic carbocycles. The molecule has 62 valence electrons. The Kier molecular flexibility index (Phi) is 2.43. The molecular formula is C6H10N2O3. The third kappa shape index (κ3) is 2.19. The van der Waals surface area contributed by atoms with Crippen LogP contribution in [0.25, 0.3) is 0 Å². The van der Waals surface area contributed by atoms with E-state index >= 15 is 0 Å². The van der Waals surface area contributed by atoms with E-state index in [1.54, 1.807) is 0 Å². The van der Waals surface area contributed by atoms with E-state index in [4.69, 9.17) is 4.74 Å². The van der Waals surface area contributed by atoms with Crippen molar-refractivity contribution >= 4 is 11.9 Å². The number of rotatable bonds is 2. The highest BCUT2D eigenvalue weighted by Gasteiger charge is 2.22. The number of urea groups is 1. The van der Waals surface area contributed by atoms with Crippen molar-refractivity contribution in [2.75, 3.05) is 13.7 Å². The molecule has 0 aromatic carbocycles. The molecule has 1 aliphatic rings. The van der Waals surface area contributed by atoms with Crippen molar-refractivity contribution in [1.29, 1.82) is 0 Å². The lowest BCUT2D eigenvalue weighted by molar-refractivity contribution is -0.121. The molecule has 1 aliphatic heterocycles. The summed E-state index contributed by atoms with van der Waals surface area (Å²) in [6.07, 6.45) is 0.291. The second-order valence-corrected chi connectivity index (χ2v) is 2.38. The third-order valence-electron chi connectivity index (χ3n) is 1.39. The molecule has 0 saturated carbocycles. The summed E-state index contributed by atoms with van der Waals surface area (Å²) in [5.74, 6) is -0.254. The van der Waals surface area contributed by atoms with Crippen molar-refractivity contribution in [1.82, 2.24) is 10.6 Å². The van der Waals surface area contributed by atoms with Crippen molar-refractivity contribution in [3.8, 4) is 0 Å². The fraction of sp³-hybridized carbons (Fsp3) is 0.667. The van der Waals surface area contributed by atoms with Gasteiger partial charge in [0, 0.05) is 13.5 Å². The molecule has 5 nitrogen and oxygen atoms in total. The highest BCUT2D eigenvalue weighted by Crippen LogP contribution is 1.97. The standard InChI is InChI=1S/C6H10N2O3/c1-11-3-4-2-5(9)8-6(10)7-4/h4H,2-3H2,1H3,(H2,7,8,9,10). The minimum Gasteiger partial charge on any atom is -0.383 e. The fourth-order valence-electron chi connectivity index (χ4n) is 0.976. The van der Waals surface area contributed by atoms with Gasteiger partial charge in [0.2, 0.25) is 5.91 Å². The van der Waals surface area contributed by atoms with Crippen LogP contribution >= 0.6 is 0 Å². The number of amides is 3. The van der Waals surface area contributed by atoms with Crippen LogP contribution in [0.5, 0.6) is 0 Å². The van der Waals surface area contributed by atoms with Gasteiger partial charge in [-0.25, -0.2) is 4.79 Å². The van der Waals surface area contributed by atoms with Gasteiger partial charge in [0.15, 0.2) is 0 Å². The Morgan fingerprint density at radius 3 is 2.91 bits per heavy atom. The van der Waals surface area contributed by atoms with Crippen LogP contribution in [0, 0.1) is 0 Å².